The average molecular weight is 566 g/mol. The van der Waals surface area contributed by atoms with Crippen LogP contribution in [0.4, 0.5) is 10.5 Å². The topological polar surface area (TPSA) is 101 Å². The van der Waals surface area contributed by atoms with E-state index in [0.29, 0.717) is 68.3 Å². The largest absolute Gasteiger partial charge is 0.384 e. The lowest BCUT2D eigenvalue weighted by Crippen LogP contribution is -2.62. The number of thioether (sulfide) groups is 1. The van der Waals surface area contributed by atoms with Crippen LogP contribution in [0.25, 0.3) is 0 Å². The van der Waals surface area contributed by atoms with E-state index in [2.05, 4.69) is 10.6 Å². The summed E-state index contributed by atoms with van der Waals surface area (Å²) in [4.78, 5) is 45.4. The molecule has 1 atom stereocenters. The number of carbonyl (C=O) groups excluding carboxylic acids is 3. The Kier molecular flexibility index (Phi) is 8.96. The summed E-state index contributed by atoms with van der Waals surface area (Å²) in [5, 5.41) is 10.1. The number of benzene rings is 1. The highest BCUT2D eigenvalue weighted by atomic mass is 35.5. The number of nitrogens with zero attached hydrogens (tertiary/aromatic N) is 5. The fourth-order valence-electron chi connectivity index (χ4n) is 4.74. The van der Waals surface area contributed by atoms with Gasteiger partial charge in [0.2, 0.25) is 5.91 Å². The molecule has 3 aliphatic heterocycles. The number of nitrogens with one attached hydrogen (secondary N) is 2. The molecule has 2 N–H and O–H groups in total. The summed E-state index contributed by atoms with van der Waals surface area (Å²) in [6.07, 6.45) is 1.87. The van der Waals surface area contributed by atoms with E-state index in [9.17, 15) is 14.4 Å². The lowest BCUT2D eigenvalue weighted by atomic mass is 10.0. The van der Waals surface area contributed by atoms with Gasteiger partial charge in [-0.05, 0) is 38.1 Å². The molecule has 0 radical (unpaired) electrons. The number of anilines is 1. The van der Waals surface area contributed by atoms with E-state index in [0.717, 1.165) is 0 Å². The fourth-order valence-corrected chi connectivity index (χ4v) is 5.97. The van der Waals surface area contributed by atoms with Crippen LogP contribution >= 0.6 is 23.4 Å². The minimum atomic E-state index is -0.775. The summed E-state index contributed by atoms with van der Waals surface area (Å²) in [6, 6.07) is 5.54. The van der Waals surface area contributed by atoms with Crippen LogP contribution in [0.15, 0.2) is 36.2 Å². The first-order chi connectivity index (χ1) is 18.1. The van der Waals surface area contributed by atoms with Crippen LogP contribution < -0.4 is 10.6 Å². The molecule has 11 nitrogen and oxygen atoms in total. The number of hydrogen-bond acceptors (Lipinski definition) is 8. The van der Waals surface area contributed by atoms with Gasteiger partial charge in [0.25, 0.3) is 5.91 Å². The highest BCUT2D eigenvalue weighted by molar-refractivity contribution is 8.00. The second-order valence-corrected chi connectivity index (χ2v) is 12.2. The molecule has 0 aromatic heterocycles. The normalized spacial score (nSPS) is 19.0. The first kappa shape index (κ1) is 28.3. The molecule has 2 fully saturated rings. The van der Waals surface area contributed by atoms with Gasteiger partial charge in [-0.3, -0.25) is 9.59 Å². The Morgan fingerprint density at radius 2 is 1.82 bits per heavy atom. The summed E-state index contributed by atoms with van der Waals surface area (Å²) < 4.78 is 4.59. The fraction of sp³-hybridized carbons (Fsp3) is 0.560. The van der Waals surface area contributed by atoms with Gasteiger partial charge in [-0.15, -0.1) is 0 Å². The molecule has 2 saturated heterocycles. The van der Waals surface area contributed by atoms with Crippen molar-refractivity contribution in [3.8, 4) is 0 Å². The number of piperazine rings is 1. The number of amides is 4. The predicted molar refractivity (Wildman–Crippen MR) is 148 cm³/mol. The van der Waals surface area contributed by atoms with Crippen molar-refractivity contribution in [1.29, 1.82) is 0 Å². The van der Waals surface area contributed by atoms with Gasteiger partial charge in [0, 0.05) is 67.7 Å². The smallest absolute Gasteiger partial charge is 0.319 e. The van der Waals surface area contributed by atoms with Gasteiger partial charge >= 0.3 is 6.03 Å². The Labute approximate surface area is 233 Å². The number of carbonyl (C=O) groups is 3. The third-order valence-electron chi connectivity index (χ3n) is 6.83. The van der Waals surface area contributed by atoms with Crippen molar-refractivity contribution in [2.45, 2.75) is 24.6 Å². The van der Waals surface area contributed by atoms with Crippen molar-refractivity contribution in [3.05, 3.63) is 41.2 Å². The second-order valence-electron chi connectivity index (χ2n) is 10.1. The molecular formula is C25H36ClN7O4S. The molecule has 1 aromatic carbocycles. The van der Waals surface area contributed by atoms with Gasteiger partial charge in [0.05, 0.1) is 13.3 Å². The average Bonchev–Trinajstić information content (AvgIpc) is 3.40. The quantitative estimate of drug-likeness (QED) is 0.438. The maximum Gasteiger partial charge on any atom is 0.319 e. The van der Waals surface area contributed by atoms with Gasteiger partial charge in [0.1, 0.15) is 18.4 Å². The number of rotatable bonds is 9. The zero-order valence-electron chi connectivity index (χ0n) is 22.3. The Morgan fingerprint density at radius 1 is 1.13 bits per heavy atom. The number of methoxy groups -OCH3 is 1. The van der Waals surface area contributed by atoms with Gasteiger partial charge in [-0.25, -0.2) is 14.8 Å². The minimum Gasteiger partial charge on any atom is -0.384 e. The molecule has 0 unspecified atom stereocenters. The third-order valence-corrected chi connectivity index (χ3v) is 8.43. The summed E-state index contributed by atoms with van der Waals surface area (Å²) in [5.41, 5.74) is 1.28. The molecule has 0 bridgehead atoms. The summed E-state index contributed by atoms with van der Waals surface area (Å²) in [7, 11) is 3.58. The zero-order valence-corrected chi connectivity index (χ0v) is 23.8. The lowest BCUT2D eigenvalue weighted by molar-refractivity contribution is -0.149. The summed E-state index contributed by atoms with van der Waals surface area (Å²) in [6.45, 7) is 7.64. The zero-order chi connectivity index (χ0) is 27.4. The molecule has 3 heterocycles. The van der Waals surface area contributed by atoms with Gasteiger partial charge in [0.15, 0.2) is 0 Å². The van der Waals surface area contributed by atoms with Gasteiger partial charge in [-0.1, -0.05) is 11.6 Å². The minimum absolute atomic E-state index is 0.0109. The molecule has 0 spiro atoms. The predicted octanol–water partition coefficient (Wildman–Crippen LogP) is 1.89. The van der Waals surface area contributed by atoms with E-state index in [-0.39, 0.29) is 11.8 Å². The standard InChI is InChI=1S/C25H36ClN7O4S/c1-25(2,38-14-13-37-4)21(28-24(36)27-19-7-5-18(26)6-8-19)23(35)30-9-11-32(12-10-30)33-17-31-16-29(3)15-20(31)22(33)34/h5-8,15,21H,9-14,16-17H2,1-4H3,(H2,27,28,36)/t21-/m0/s1. The van der Waals surface area contributed by atoms with Crippen LogP contribution in [0.1, 0.15) is 13.8 Å². The molecular weight excluding hydrogens is 530 g/mol. The molecule has 1 aromatic rings. The lowest BCUT2D eigenvalue weighted by Gasteiger charge is -2.42. The molecule has 0 saturated carbocycles. The summed E-state index contributed by atoms with van der Waals surface area (Å²) >= 11 is 7.52. The molecule has 13 heteroatoms. The van der Waals surface area contributed by atoms with E-state index in [1.54, 1.807) is 53.0 Å². The molecule has 4 amide bonds. The van der Waals surface area contributed by atoms with Crippen LogP contribution in [0.2, 0.25) is 5.02 Å². The van der Waals surface area contributed by atoms with E-state index in [1.807, 2.05) is 41.9 Å². The van der Waals surface area contributed by atoms with Crippen LogP contribution in [-0.2, 0) is 14.3 Å². The number of ether oxygens (including phenoxy) is 1. The second kappa shape index (κ2) is 12.0. The van der Waals surface area contributed by atoms with Crippen LogP contribution in [-0.4, -0.2) is 119 Å². The maximum atomic E-state index is 13.8. The molecule has 3 aliphatic rings. The third kappa shape index (κ3) is 6.48. The highest BCUT2D eigenvalue weighted by Gasteiger charge is 2.43. The van der Waals surface area contributed by atoms with Gasteiger partial charge in [-0.2, -0.15) is 11.8 Å². The first-order valence-corrected chi connectivity index (χ1v) is 13.9. The van der Waals surface area contributed by atoms with Crippen molar-refractivity contribution < 1.29 is 19.1 Å². The van der Waals surface area contributed by atoms with E-state index < -0.39 is 16.8 Å². The number of urea groups is 1. The van der Waals surface area contributed by atoms with Crippen LogP contribution in [0, 0.1) is 0 Å². The van der Waals surface area contributed by atoms with Crippen LogP contribution in [0.5, 0.6) is 0 Å². The number of halogens is 1. The Hall–Kier alpha value is -2.67. The summed E-state index contributed by atoms with van der Waals surface area (Å²) in [5.74, 6) is 0.520. The van der Waals surface area contributed by atoms with Gasteiger partial charge < -0.3 is 30.1 Å². The molecule has 208 valence electrons. The molecule has 0 aliphatic carbocycles. The van der Waals surface area contributed by atoms with Crippen molar-refractivity contribution in [2.75, 3.05) is 71.4 Å². The number of hydrazine groups is 1. The highest BCUT2D eigenvalue weighted by Crippen LogP contribution is 2.30. The Bertz CT molecular complexity index is 1060. The Morgan fingerprint density at radius 3 is 2.45 bits per heavy atom. The maximum absolute atomic E-state index is 13.8. The number of hydrogen-bond donors (Lipinski definition) is 2. The number of fused-ring (bicyclic) bond motifs is 1. The molecule has 4 rings (SSSR count). The monoisotopic (exact) mass is 565 g/mol. The van der Waals surface area contributed by atoms with E-state index in [1.165, 1.54) is 0 Å². The SMILES string of the molecule is COCCSC(C)(C)[C@@H](NC(=O)Nc1ccc(Cl)cc1)C(=O)N1CCN(N2CN3CN(C)C=C3C2=O)CC1. The van der Waals surface area contributed by atoms with Crippen molar-refractivity contribution >= 4 is 46.9 Å². The van der Waals surface area contributed by atoms with Crippen LogP contribution in [0.3, 0.4) is 0 Å². The van der Waals surface area contributed by atoms with E-state index >= 15 is 0 Å². The first-order valence-electron chi connectivity index (χ1n) is 12.6. The Balaban J connectivity index is 1.40. The van der Waals surface area contributed by atoms with Crippen molar-refractivity contribution in [2.24, 2.45) is 0 Å². The van der Waals surface area contributed by atoms with E-state index in [4.69, 9.17) is 16.3 Å². The van der Waals surface area contributed by atoms with Crippen molar-refractivity contribution in [3.63, 3.8) is 0 Å². The van der Waals surface area contributed by atoms with Crippen molar-refractivity contribution in [1.82, 2.24) is 30.0 Å². The molecule has 38 heavy (non-hydrogen) atoms.